The predicted octanol–water partition coefficient (Wildman–Crippen LogP) is 5.91. The molecule has 2 heterocycles. The van der Waals surface area contributed by atoms with Gasteiger partial charge in [0, 0.05) is 14.2 Å². The van der Waals surface area contributed by atoms with Crippen molar-refractivity contribution in [2.75, 3.05) is 0 Å². The summed E-state index contributed by atoms with van der Waals surface area (Å²) in [5.74, 6) is 0. The summed E-state index contributed by atoms with van der Waals surface area (Å²) in [4.78, 5) is 2.62. The molecule has 3 rings (SSSR count). The van der Waals surface area contributed by atoms with Gasteiger partial charge in [-0.2, -0.15) is 0 Å². The summed E-state index contributed by atoms with van der Waals surface area (Å²) in [6.45, 7) is 0. The van der Waals surface area contributed by atoms with Crippen LogP contribution in [0.4, 0.5) is 0 Å². The first-order chi connectivity index (χ1) is 8.33. The van der Waals surface area contributed by atoms with Crippen LogP contribution in [0.15, 0.2) is 57.7 Å². The highest BCUT2D eigenvalue weighted by Gasteiger charge is 2.05. The molecule has 0 atom stereocenters. The van der Waals surface area contributed by atoms with Crippen molar-refractivity contribution in [3.8, 4) is 20.9 Å². The average Bonchev–Trinajstić information content (AvgIpc) is 3.02. The number of rotatable bonds is 2. The van der Waals surface area contributed by atoms with E-state index in [1.807, 2.05) is 0 Å². The van der Waals surface area contributed by atoms with Crippen LogP contribution < -0.4 is 0 Å². The van der Waals surface area contributed by atoms with Crippen molar-refractivity contribution in [3.63, 3.8) is 0 Å². The Bertz CT molecular complexity index is 557. The Labute approximate surface area is 117 Å². The molecule has 84 valence electrons. The molecule has 3 heteroatoms. The normalized spacial score (nSPS) is 10.6. The van der Waals surface area contributed by atoms with E-state index in [1.54, 1.807) is 22.7 Å². The minimum absolute atomic E-state index is 1.13. The topological polar surface area (TPSA) is 0 Å². The van der Waals surface area contributed by atoms with Gasteiger partial charge in [0.15, 0.2) is 0 Å². The number of thiophene rings is 2. The molecule has 1 aromatic carbocycles. The summed E-state index contributed by atoms with van der Waals surface area (Å²) in [7, 11) is 0. The third-order valence-electron chi connectivity index (χ3n) is 2.51. The fourth-order valence-corrected chi connectivity index (χ4v) is 3.68. The number of hydrogen-bond acceptors (Lipinski definition) is 2. The van der Waals surface area contributed by atoms with Crippen molar-refractivity contribution in [1.82, 2.24) is 0 Å². The first kappa shape index (κ1) is 11.2. The molecule has 0 saturated carbocycles. The Balaban J connectivity index is 2.13. The third-order valence-corrected chi connectivity index (χ3v) is 4.80. The van der Waals surface area contributed by atoms with Gasteiger partial charge >= 0.3 is 0 Å². The van der Waals surface area contributed by atoms with Gasteiger partial charge in [0.05, 0.1) is 0 Å². The molecule has 0 N–H and O–H groups in total. The van der Waals surface area contributed by atoms with Gasteiger partial charge in [-0.1, -0.05) is 28.1 Å². The lowest BCUT2D eigenvalue weighted by Gasteiger charge is -2.04. The van der Waals surface area contributed by atoms with Gasteiger partial charge in [-0.3, -0.25) is 0 Å². The molecule has 0 amide bonds. The summed E-state index contributed by atoms with van der Waals surface area (Å²) >= 11 is 7.14. The van der Waals surface area contributed by atoms with E-state index in [4.69, 9.17) is 0 Å². The van der Waals surface area contributed by atoms with Crippen LogP contribution in [0.25, 0.3) is 20.9 Å². The molecule has 0 unspecified atom stereocenters. The van der Waals surface area contributed by atoms with Crippen LogP contribution in [0.2, 0.25) is 0 Å². The molecule has 0 aliphatic carbocycles. The van der Waals surface area contributed by atoms with Crippen LogP contribution in [0, 0.1) is 0 Å². The van der Waals surface area contributed by atoms with Crippen LogP contribution in [0.1, 0.15) is 0 Å². The van der Waals surface area contributed by atoms with Gasteiger partial charge in [0.25, 0.3) is 0 Å². The molecule has 3 aromatic rings. The van der Waals surface area contributed by atoms with Crippen molar-refractivity contribution in [2.45, 2.75) is 0 Å². The lowest BCUT2D eigenvalue weighted by molar-refractivity contribution is 1.64. The van der Waals surface area contributed by atoms with E-state index in [0.29, 0.717) is 0 Å². The van der Waals surface area contributed by atoms with Crippen molar-refractivity contribution >= 4 is 38.6 Å². The monoisotopic (exact) mass is 320 g/mol. The van der Waals surface area contributed by atoms with Crippen LogP contribution in [-0.2, 0) is 0 Å². The summed E-state index contributed by atoms with van der Waals surface area (Å²) in [6.07, 6.45) is 0. The van der Waals surface area contributed by atoms with E-state index >= 15 is 0 Å². The van der Waals surface area contributed by atoms with Crippen LogP contribution in [0.3, 0.4) is 0 Å². The average molecular weight is 321 g/mol. The van der Waals surface area contributed by atoms with E-state index in [1.165, 1.54) is 20.9 Å². The zero-order valence-electron chi connectivity index (χ0n) is 8.89. The molecule has 0 spiro atoms. The Morgan fingerprint density at radius 2 is 1.29 bits per heavy atom. The molecular formula is C14H9BrS2. The van der Waals surface area contributed by atoms with Gasteiger partial charge in [-0.25, -0.2) is 0 Å². The maximum atomic E-state index is 3.59. The second-order valence-electron chi connectivity index (χ2n) is 3.68. The second-order valence-corrected chi connectivity index (χ2v) is 6.49. The third kappa shape index (κ3) is 2.37. The van der Waals surface area contributed by atoms with Gasteiger partial charge in [-0.15, -0.1) is 22.7 Å². The highest BCUT2D eigenvalue weighted by molar-refractivity contribution is 9.10. The van der Waals surface area contributed by atoms with Crippen LogP contribution in [0.5, 0.6) is 0 Å². The Morgan fingerprint density at radius 3 is 1.71 bits per heavy atom. The first-order valence-electron chi connectivity index (χ1n) is 5.21. The van der Waals surface area contributed by atoms with Gasteiger partial charge in [-0.05, 0) is 52.2 Å². The van der Waals surface area contributed by atoms with Crippen LogP contribution in [-0.4, -0.2) is 0 Å². The summed E-state index contributed by atoms with van der Waals surface area (Å²) in [6, 6.07) is 15.1. The predicted molar refractivity (Wildman–Crippen MR) is 80.8 cm³/mol. The maximum Gasteiger partial charge on any atom is 0.0343 e. The zero-order valence-corrected chi connectivity index (χ0v) is 12.1. The van der Waals surface area contributed by atoms with E-state index in [-0.39, 0.29) is 0 Å². The van der Waals surface area contributed by atoms with E-state index < -0.39 is 0 Å². The minimum Gasteiger partial charge on any atom is -0.144 e. The smallest absolute Gasteiger partial charge is 0.0343 e. The van der Waals surface area contributed by atoms with Crippen LogP contribution >= 0.6 is 38.6 Å². The Hall–Kier alpha value is -0.900. The molecule has 0 radical (unpaired) electrons. The SMILES string of the molecule is Brc1cc(-c2cccs2)cc(-c2cccs2)c1. The Kier molecular flexibility index (Phi) is 3.14. The minimum atomic E-state index is 1.13. The summed E-state index contributed by atoms with van der Waals surface area (Å²) < 4.78 is 1.13. The number of hydrogen-bond donors (Lipinski definition) is 0. The highest BCUT2D eigenvalue weighted by Crippen LogP contribution is 2.34. The van der Waals surface area contributed by atoms with Crippen molar-refractivity contribution in [3.05, 3.63) is 57.7 Å². The van der Waals surface area contributed by atoms with E-state index in [0.717, 1.165) is 4.47 Å². The lowest BCUT2D eigenvalue weighted by Crippen LogP contribution is -1.77. The van der Waals surface area contributed by atoms with E-state index in [2.05, 4.69) is 69.2 Å². The molecule has 0 saturated heterocycles. The maximum absolute atomic E-state index is 3.59. The van der Waals surface area contributed by atoms with Crippen molar-refractivity contribution < 1.29 is 0 Å². The molecule has 0 nitrogen and oxygen atoms in total. The molecular weight excluding hydrogens is 312 g/mol. The number of halogens is 1. The fourth-order valence-electron chi connectivity index (χ4n) is 1.76. The summed E-state index contributed by atoms with van der Waals surface area (Å²) in [5.41, 5.74) is 2.55. The standard InChI is InChI=1S/C14H9BrS2/c15-12-8-10(13-3-1-5-16-13)7-11(9-12)14-4-2-6-17-14/h1-9H. The van der Waals surface area contributed by atoms with Gasteiger partial charge in [0.2, 0.25) is 0 Å². The largest absolute Gasteiger partial charge is 0.144 e. The molecule has 0 bridgehead atoms. The molecule has 2 aromatic heterocycles. The van der Waals surface area contributed by atoms with Crippen molar-refractivity contribution in [2.24, 2.45) is 0 Å². The van der Waals surface area contributed by atoms with E-state index in [9.17, 15) is 0 Å². The molecule has 0 aliphatic heterocycles. The quantitative estimate of drug-likeness (QED) is 0.551. The highest BCUT2D eigenvalue weighted by atomic mass is 79.9. The first-order valence-corrected chi connectivity index (χ1v) is 7.76. The lowest BCUT2D eigenvalue weighted by atomic mass is 10.1. The molecule has 17 heavy (non-hydrogen) atoms. The van der Waals surface area contributed by atoms with Gasteiger partial charge < -0.3 is 0 Å². The zero-order chi connectivity index (χ0) is 11.7. The number of benzene rings is 1. The molecule has 0 aliphatic rings. The summed E-state index contributed by atoms with van der Waals surface area (Å²) in [5, 5.41) is 4.22. The Morgan fingerprint density at radius 1 is 0.765 bits per heavy atom. The van der Waals surface area contributed by atoms with Gasteiger partial charge in [0.1, 0.15) is 0 Å². The second kappa shape index (κ2) is 4.77. The molecule has 0 fully saturated rings. The fraction of sp³-hybridized carbons (Fsp3) is 0. The van der Waals surface area contributed by atoms with Crippen molar-refractivity contribution in [1.29, 1.82) is 0 Å².